The maximum atomic E-state index is 12.8. The van der Waals surface area contributed by atoms with Gasteiger partial charge in [0.15, 0.2) is 6.61 Å². The normalized spacial score (nSPS) is 27.4. The van der Waals surface area contributed by atoms with Gasteiger partial charge < -0.3 is 20.5 Å². The minimum Gasteiger partial charge on any atom is -0.471 e. The van der Waals surface area contributed by atoms with Crippen LogP contribution in [0.25, 0.3) is 0 Å². The van der Waals surface area contributed by atoms with E-state index in [2.05, 4.69) is 33.2 Å². The van der Waals surface area contributed by atoms with Gasteiger partial charge in [0, 0.05) is 25.1 Å². The van der Waals surface area contributed by atoms with Gasteiger partial charge in [-0.15, -0.1) is 0 Å². The van der Waals surface area contributed by atoms with Crippen LogP contribution in [0.3, 0.4) is 0 Å². The molecule has 10 heteroatoms. The van der Waals surface area contributed by atoms with Gasteiger partial charge in [0.05, 0.1) is 11.8 Å². The second-order valence-corrected chi connectivity index (χ2v) is 8.81. The van der Waals surface area contributed by atoms with Crippen molar-refractivity contribution in [2.24, 2.45) is 5.41 Å². The summed E-state index contributed by atoms with van der Waals surface area (Å²) >= 11 is 0. The molecule has 0 aliphatic heterocycles. The van der Waals surface area contributed by atoms with Crippen LogP contribution in [0.5, 0.6) is 0 Å². The zero-order valence-electron chi connectivity index (χ0n) is 17.1. The zero-order chi connectivity index (χ0) is 22.2. The second-order valence-electron chi connectivity index (χ2n) is 8.81. The Morgan fingerprint density at radius 3 is 2.73 bits per heavy atom. The summed E-state index contributed by atoms with van der Waals surface area (Å²) in [5.74, 6) is -2.85. The summed E-state index contributed by atoms with van der Waals surface area (Å²) in [6, 6.07) is 2.22. The van der Waals surface area contributed by atoms with Gasteiger partial charge in [0.1, 0.15) is 17.5 Å². The summed E-state index contributed by atoms with van der Waals surface area (Å²) in [6.07, 6.45) is 4.80. The van der Waals surface area contributed by atoms with Crippen molar-refractivity contribution in [1.82, 2.24) is 9.97 Å². The van der Waals surface area contributed by atoms with E-state index in [0.717, 1.165) is 25.7 Å². The molecular formula is C20H26F2N6O2. The molecule has 0 atom stereocenters. The maximum absolute atomic E-state index is 12.8. The van der Waals surface area contributed by atoms with Crippen LogP contribution in [-0.4, -0.2) is 51.7 Å². The predicted molar refractivity (Wildman–Crippen MR) is 108 cm³/mol. The third-order valence-electron chi connectivity index (χ3n) is 5.37. The first-order valence-corrected chi connectivity index (χ1v) is 9.68. The molecule has 2 saturated carbocycles. The van der Waals surface area contributed by atoms with Gasteiger partial charge >= 0.3 is 0 Å². The molecule has 2 aliphatic carbocycles. The molecule has 0 aromatic carbocycles. The molecule has 0 unspecified atom stereocenters. The van der Waals surface area contributed by atoms with Crippen molar-refractivity contribution < 1.29 is 18.6 Å². The number of alkyl halides is 2. The molecule has 8 nitrogen and oxygen atoms in total. The van der Waals surface area contributed by atoms with Crippen LogP contribution < -0.4 is 10.6 Å². The third-order valence-corrected chi connectivity index (χ3v) is 5.37. The van der Waals surface area contributed by atoms with Gasteiger partial charge in [-0.3, -0.25) is 5.41 Å². The fourth-order valence-corrected chi connectivity index (χ4v) is 4.36. The Kier molecular flexibility index (Phi) is 5.69. The van der Waals surface area contributed by atoms with Gasteiger partial charge in [0.25, 0.3) is 5.92 Å². The number of nitrogens with zero attached hydrogens (tertiary/aromatic N) is 3. The molecule has 0 amide bonds. The van der Waals surface area contributed by atoms with Crippen LogP contribution in [0, 0.1) is 22.2 Å². The molecule has 0 saturated heterocycles. The number of nitrogens with one attached hydrogen (secondary N) is 3. The number of nitriles is 1. The molecule has 4 N–H and O–H groups in total. The summed E-state index contributed by atoms with van der Waals surface area (Å²) in [5.41, 5.74) is 0.0961. The third kappa shape index (κ3) is 5.21. The first kappa shape index (κ1) is 21.9. The van der Waals surface area contributed by atoms with Gasteiger partial charge in [0.2, 0.25) is 11.8 Å². The monoisotopic (exact) mass is 420 g/mol. The van der Waals surface area contributed by atoms with Crippen molar-refractivity contribution in [2.45, 2.75) is 57.1 Å². The van der Waals surface area contributed by atoms with Crippen LogP contribution in [0.1, 0.15) is 45.1 Å². The number of anilines is 2. The molecule has 2 aliphatic rings. The van der Waals surface area contributed by atoms with E-state index in [1.54, 1.807) is 0 Å². The predicted octanol–water partition coefficient (Wildman–Crippen LogP) is 3.07. The lowest BCUT2D eigenvalue weighted by Crippen LogP contribution is -2.59. The largest absolute Gasteiger partial charge is 0.471 e. The van der Waals surface area contributed by atoms with Crippen LogP contribution in [0.15, 0.2) is 18.3 Å². The number of rotatable bonds is 8. The van der Waals surface area contributed by atoms with Crippen LogP contribution >= 0.6 is 0 Å². The lowest BCUT2D eigenvalue weighted by Gasteiger charge is -2.60. The molecule has 1 aromatic rings. The molecular weight excluding hydrogens is 394 g/mol. The number of aromatic nitrogens is 2. The van der Waals surface area contributed by atoms with Crippen molar-refractivity contribution in [1.29, 1.82) is 10.7 Å². The average Bonchev–Trinajstić information content (AvgIpc) is 2.60. The van der Waals surface area contributed by atoms with Crippen molar-refractivity contribution in [3.05, 3.63) is 23.9 Å². The maximum Gasteiger partial charge on any atom is 0.278 e. The average molecular weight is 420 g/mol. The fourth-order valence-electron chi connectivity index (χ4n) is 4.36. The van der Waals surface area contributed by atoms with E-state index in [4.69, 9.17) is 10.1 Å². The fraction of sp³-hybridized carbons (Fsp3) is 0.600. The summed E-state index contributed by atoms with van der Waals surface area (Å²) in [4.78, 5) is 8.39. The Morgan fingerprint density at radius 1 is 1.50 bits per heavy atom. The first-order chi connectivity index (χ1) is 13.9. The summed E-state index contributed by atoms with van der Waals surface area (Å²) in [6.45, 7) is 5.33. The number of ether oxygens (including phenoxy) is 1. The Bertz CT molecular complexity index is 874. The number of aliphatic hydroxyl groups is 1. The SMILES string of the molecule is C=C(CNc1ncc(C#N)c(NC2CC3(C2)CC(C)(O)C3)n1)C(=N)OCC(C)(F)F. The smallest absolute Gasteiger partial charge is 0.278 e. The van der Waals surface area contributed by atoms with Gasteiger partial charge in [-0.25, -0.2) is 13.8 Å². The second kappa shape index (κ2) is 7.80. The highest BCUT2D eigenvalue weighted by atomic mass is 19.3. The molecule has 0 bridgehead atoms. The number of hydrogen-bond acceptors (Lipinski definition) is 8. The molecule has 1 heterocycles. The van der Waals surface area contributed by atoms with Crippen molar-refractivity contribution in [2.75, 3.05) is 23.8 Å². The molecule has 162 valence electrons. The van der Waals surface area contributed by atoms with Gasteiger partial charge in [-0.1, -0.05) is 6.58 Å². The van der Waals surface area contributed by atoms with Crippen LogP contribution in [0.4, 0.5) is 20.5 Å². The van der Waals surface area contributed by atoms with E-state index in [1.807, 2.05) is 6.92 Å². The lowest BCUT2D eigenvalue weighted by molar-refractivity contribution is -0.154. The highest BCUT2D eigenvalue weighted by molar-refractivity contribution is 5.91. The first-order valence-electron chi connectivity index (χ1n) is 9.68. The Labute approximate surface area is 173 Å². The highest BCUT2D eigenvalue weighted by Crippen LogP contribution is 2.60. The van der Waals surface area contributed by atoms with E-state index < -0.39 is 24.0 Å². The Balaban J connectivity index is 1.53. The molecule has 3 rings (SSSR count). The highest BCUT2D eigenvalue weighted by Gasteiger charge is 2.57. The summed E-state index contributed by atoms with van der Waals surface area (Å²) in [5, 5.41) is 33.1. The molecule has 2 fully saturated rings. The summed E-state index contributed by atoms with van der Waals surface area (Å²) < 4.78 is 30.4. The van der Waals surface area contributed by atoms with Crippen LogP contribution in [-0.2, 0) is 4.74 Å². The van der Waals surface area contributed by atoms with E-state index >= 15 is 0 Å². The van der Waals surface area contributed by atoms with E-state index in [0.29, 0.717) is 18.3 Å². The lowest BCUT2D eigenvalue weighted by atomic mass is 9.48. The molecule has 1 spiro atoms. The Morgan fingerprint density at radius 2 is 2.17 bits per heavy atom. The number of halogens is 2. The minimum atomic E-state index is -3.04. The minimum absolute atomic E-state index is 0.0289. The van der Waals surface area contributed by atoms with Crippen LogP contribution in [0.2, 0.25) is 0 Å². The zero-order valence-corrected chi connectivity index (χ0v) is 17.1. The summed E-state index contributed by atoms with van der Waals surface area (Å²) in [7, 11) is 0. The van der Waals surface area contributed by atoms with Crippen molar-refractivity contribution in [3.63, 3.8) is 0 Å². The topological polar surface area (TPSA) is 127 Å². The quantitative estimate of drug-likeness (QED) is 0.376. The van der Waals surface area contributed by atoms with E-state index in [-0.39, 0.29) is 29.5 Å². The molecule has 30 heavy (non-hydrogen) atoms. The standard InChI is InChI=1S/C20H26F2N6O2/c1-12(15(24)30-11-19(3,21)22)7-25-17-26-8-13(6-23)16(28-17)27-14-4-20(5-14)9-18(2,29)10-20/h8,14,24,29H,1,4-5,7,9-11H2,2-3H3,(H2,25,26,27,28). The Hall–Kier alpha value is -2.80. The van der Waals surface area contributed by atoms with Gasteiger partial charge in [-0.05, 0) is 38.0 Å². The van der Waals surface area contributed by atoms with E-state index in [9.17, 15) is 19.1 Å². The molecule has 0 radical (unpaired) electrons. The van der Waals surface area contributed by atoms with Crippen molar-refractivity contribution >= 4 is 17.7 Å². The van der Waals surface area contributed by atoms with E-state index in [1.165, 1.54) is 6.20 Å². The molecule has 1 aromatic heterocycles. The van der Waals surface area contributed by atoms with Gasteiger partial charge in [-0.2, -0.15) is 10.2 Å². The number of hydrogen-bond donors (Lipinski definition) is 4. The van der Waals surface area contributed by atoms with Crippen molar-refractivity contribution in [3.8, 4) is 6.07 Å².